The second-order valence-electron chi connectivity index (χ2n) is 7.68. The molecule has 3 saturated carbocycles. The molecule has 0 aliphatic heterocycles. The second-order valence-corrected chi connectivity index (χ2v) is 8.97. The lowest BCUT2D eigenvalue weighted by Gasteiger charge is -2.39. The minimum Gasteiger partial charge on any atom is -0.356 e. The van der Waals surface area contributed by atoms with Gasteiger partial charge in [0.05, 0.1) is 0 Å². The van der Waals surface area contributed by atoms with Gasteiger partial charge in [0.15, 0.2) is 0 Å². The van der Waals surface area contributed by atoms with Crippen LogP contribution in [0.2, 0.25) is 0 Å². The number of alkyl halides is 1. The Morgan fingerprint density at radius 1 is 0.905 bits per heavy atom. The van der Waals surface area contributed by atoms with Crippen LogP contribution in [0.4, 0.5) is 0 Å². The molecule has 0 aromatic rings. The first-order valence-electron chi connectivity index (χ1n) is 9.14. The Morgan fingerprint density at radius 3 is 2.38 bits per heavy atom. The zero-order valence-electron chi connectivity index (χ0n) is 13.2. The number of halogens is 1. The van der Waals surface area contributed by atoms with Crippen LogP contribution in [-0.4, -0.2) is 17.3 Å². The van der Waals surface area contributed by atoms with Gasteiger partial charge in [0, 0.05) is 17.3 Å². The molecule has 3 atom stereocenters. The fourth-order valence-electron chi connectivity index (χ4n) is 4.83. The van der Waals surface area contributed by atoms with Crippen molar-refractivity contribution in [2.45, 2.75) is 75.5 Å². The van der Waals surface area contributed by atoms with Crippen molar-refractivity contribution in [3.63, 3.8) is 0 Å². The van der Waals surface area contributed by atoms with E-state index in [-0.39, 0.29) is 0 Å². The molecule has 0 saturated heterocycles. The molecule has 1 N–H and O–H groups in total. The summed E-state index contributed by atoms with van der Waals surface area (Å²) in [5.41, 5.74) is 0. The second kappa shape index (κ2) is 7.48. The van der Waals surface area contributed by atoms with Crippen molar-refractivity contribution in [3.8, 4) is 0 Å². The Labute approximate surface area is 138 Å². The number of carbonyl (C=O) groups excluding carboxylic acids is 1. The van der Waals surface area contributed by atoms with Gasteiger partial charge in [-0.05, 0) is 62.7 Å². The maximum absolute atomic E-state index is 12.5. The molecule has 0 radical (unpaired) electrons. The maximum Gasteiger partial charge on any atom is 0.223 e. The Hall–Kier alpha value is -0.0500. The lowest BCUT2D eigenvalue weighted by Crippen LogP contribution is -2.39. The monoisotopic (exact) mass is 355 g/mol. The van der Waals surface area contributed by atoms with Gasteiger partial charge in [-0.15, -0.1) is 0 Å². The molecule has 0 aromatic heterocycles. The third-order valence-corrected chi connectivity index (χ3v) is 7.17. The Morgan fingerprint density at radius 2 is 1.62 bits per heavy atom. The van der Waals surface area contributed by atoms with Gasteiger partial charge in [0.1, 0.15) is 0 Å². The summed E-state index contributed by atoms with van der Waals surface area (Å²) in [6, 6.07) is 0. The highest BCUT2D eigenvalue weighted by atomic mass is 79.9. The Balaban J connectivity index is 1.41. The standard InChI is InChI=1S/C18H30BrNO/c19-17-9-5-13(6-10-17)12-20-18(21)16-8-7-14-3-1-2-4-15(14)11-16/h13-17H,1-12H2,(H,20,21). The van der Waals surface area contributed by atoms with Gasteiger partial charge < -0.3 is 5.32 Å². The molecule has 120 valence electrons. The fraction of sp³-hybridized carbons (Fsp3) is 0.944. The summed E-state index contributed by atoms with van der Waals surface area (Å²) >= 11 is 3.70. The average molecular weight is 356 g/mol. The van der Waals surface area contributed by atoms with Crippen molar-refractivity contribution in [3.05, 3.63) is 0 Å². The largest absolute Gasteiger partial charge is 0.356 e. The van der Waals surface area contributed by atoms with E-state index in [9.17, 15) is 4.79 Å². The van der Waals surface area contributed by atoms with Crippen molar-refractivity contribution in [2.75, 3.05) is 6.54 Å². The summed E-state index contributed by atoms with van der Waals surface area (Å²) < 4.78 is 0. The average Bonchev–Trinajstić information content (AvgIpc) is 2.53. The zero-order chi connectivity index (χ0) is 14.7. The number of fused-ring (bicyclic) bond motifs is 1. The number of carbonyl (C=O) groups is 1. The van der Waals surface area contributed by atoms with E-state index in [2.05, 4.69) is 21.2 Å². The van der Waals surface area contributed by atoms with E-state index in [0.717, 1.165) is 24.8 Å². The molecule has 3 heteroatoms. The summed E-state index contributed by atoms with van der Waals surface area (Å²) in [4.78, 5) is 13.2. The van der Waals surface area contributed by atoms with E-state index in [4.69, 9.17) is 0 Å². The first-order valence-corrected chi connectivity index (χ1v) is 10.1. The van der Waals surface area contributed by atoms with Gasteiger partial charge in [0.2, 0.25) is 5.91 Å². The van der Waals surface area contributed by atoms with E-state index in [1.165, 1.54) is 64.2 Å². The molecular weight excluding hydrogens is 326 g/mol. The quantitative estimate of drug-likeness (QED) is 0.732. The molecule has 2 nitrogen and oxygen atoms in total. The number of hydrogen-bond acceptors (Lipinski definition) is 1. The highest BCUT2D eigenvalue weighted by Gasteiger charge is 2.35. The van der Waals surface area contributed by atoms with Crippen LogP contribution in [0.15, 0.2) is 0 Å². The van der Waals surface area contributed by atoms with Crippen LogP contribution in [0.1, 0.15) is 70.6 Å². The number of hydrogen-bond donors (Lipinski definition) is 1. The predicted molar refractivity (Wildman–Crippen MR) is 90.5 cm³/mol. The van der Waals surface area contributed by atoms with Crippen LogP contribution in [0.5, 0.6) is 0 Å². The summed E-state index contributed by atoms with van der Waals surface area (Å²) in [6.45, 7) is 0.920. The molecule has 3 aliphatic carbocycles. The SMILES string of the molecule is O=C(NCC1CCC(Br)CC1)C1CCC2CCCCC2C1. The zero-order valence-corrected chi connectivity index (χ0v) is 14.7. The van der Waals surface area contributed by atoms with E-state index in [0.29, 0.717) is 22.6 Å². The van der Waals surface area contributed by atoms with Crippen LogP contribution in [0.3, 0.4) is 0 Å². The highest BCUT2D eigenvalue weighted by molar-refractivity contribution is 9.09. The predicted octanol–water partition coefficient (Wildman–Crippen LogP) is 4.66. The first kappa shape index (κ1) is 15.8. The van der Waals surface area contributed by atoms with E-state index >= 15 is 0 Å². The number of nitrogens with one attached hydrogen (secondary N) is 1. The molecular formula is C18H30BrNO. The van der Waals surface area contributed by atoms with Crippen molar-refractivity contribution in [1.29, 1.82) is 0 Å². The van der Waals surface area contributed by atoms with Gasteiger partial charge in [-0.25, -0.2) is 0 Å². The van der Waals surface area contributed by atoms with Gasteiger partial charge in [0.25, 0.3) is 0 Å². The van der Waals surface area contributed by atoms with Crippen molar-refractivity contribution >= 4 is 21.8 Å². The van der Waals surface area contributed by atoms with Gasteiger partial charge in [-0.3, -0.25) is 4.79 Å². The summed E-state index contributed by atoms with van der Waals surface area (Å²) in [6.07, 6.45) is 14.3. The van der Waals surface area contributed by atoms with Crippen molar-refractivity contribution in [2.24, 2.45) is 23.7 Å². The lowest BCUT2D eigenvalue weighted by molar-refractivity contribution is -0.127. The molecule has 0 heterocycles. The van der Waals surface area contributed by atoms with E-state index in [1.54, 1.807) is 0 Å². The van der Waals surface area contributed by atoms with Gasteiger partial charge in [-0.1, -0.05) is 41.6 Å². The fourth-order valence-corrected chi connectivity index (χ4v) is 5.36. The number of rotatable bonds is 3. The lowest BCUT2D eigenvalue weighted by atomic mass is 9.67. The Kier molecular flexibility index (Phi) is 5.64. The Bertz CT molecular complexity index is 351. The third kappa shape index (κ3) is 4.24. The molecule has 21 heavy (non-hydrogen) atoms. The van der Waals surface area contributed by atoms with Crippen LogP contribution in [-0.2, 0) is 4.79 Å². The molecule has 3 fully saturated rings. The number of amides is 1. The molecule has 3 aliphatic rings. The maximum atomic E-state index is 12.5. The topological polar surface area (TPSA) is 29.1 Å². The third-order valence-electron chi connectivity index (χ3n) is 6.25. The normalized spacial score (nSPS) is 40.3. The molecule has 0 spiro atoms. The van der Waals surface area contributed by atoms with Crippen LogP contribution >= 0.6 is 15.9 Å². The highest BCUT2D eigenvalue weighted by Crippen LogP contribution is 2.42. The molecule has 3 rings (SSSR count). The minimum atomic E-state index is 0.317. The van der Waals surface area contributed by atoms with Crippen LogP contribution in [0, 0.1) is 23.7 Å². The molecule has 3 unspecified atom stereocenters. The molecule has 0 bridgehead atoms. The van der Waals surface area contributed by atoms with E-state index < -0.39 is 0 Å². The molecule has 0 aromatic carbocycles. The van der Waals surface area contributed by atoms with Crippen molar-refractivity contribution in [1.82, 2.24) is 5.32 Å². The van der Waals surface area contributed by atoms with Crippen LogP contribution in [0.25, 0.3) is 0 Å². The van der Waals surface area contributed by atoms with Crippen molar-refractivity contribution < 1.29 is 4.79 Å². The minimum absolute atomic E-state index is 0.317. The summed E-state index contributed by atoms with van der Waals surface area (Å²) in [5.74, 6) is 3.19. The summed E-state index contributed by atoms with van der Waals surface area (Å²) in [7, 11) is 0. The van der Waals surface area contributed by atoms with Crippen LogP contribution < -0.4 is 5.32 Å². The van der Waals surface area contributed by atoms with Gasteiger partial charge in [-0.2, -0.15) is 0 Å². The van der Waals surface area contributed by atoms with Gasteiger partial charge >= 0.3 is 0 Å². The summed E-state index contributed by atoms with van der Waals surface area (Å²) in [5, 5.41) is 3.28. The first-order chi connectivity index (χ1) is 10.2. The smallest absolute Gasteiger partial charge is 0.223 e. The van der Waals surface area contributed by atoms with E-state index in [1.807, 2.05) is 0 Å². The molecule has 1 amide bonds.